The molecule has 0 spiro atoms. The number of rotatable bonds is 11. The normalized spacial score (nSPS) is 15.7. The zero-order valence-electron chi connectivity index (χ0n) is 20.4. The monoisotopic (exact) mass is 498 g/mol. The van der Waals surface area contributed by atoms with E-state index in [9.17, 15) is 19.2 Å². The highest BCUT2D eigenvalue weighted by Crippen LogP contribution is 2.22. The van der Waals surface area contributed by atoms with Gasteiger partial charge >= 0.3 is 5.91 Å². The van der Waals surface area contributed by atoms with Crippen molar-refractivity contribution in [2.24, 2.45) is 0 Å². The quantitative estimate of drug-likeness (QED) is 0.278. The number of nitrogens with one attached hydrogen (secondary N) is 3. The lowest BCUT2D eigenvalue weighted by molar-refractivity contribution is -0.141. The van der Waals surface area contributed by atoms with Crippen molar-refractivity contribution in [2.75, 3.05) is 0 Å². The molecule has 1 fully saturated rings. The second kappa shape index (κ2) is 12.6. The summed E-state index contributed by atoms with van der Waals surface area (Å²) >= 11 is 0. The second-order valence-corrected chi connectivity index (χ2v) is 8.97. The molecular weight excluding hydrogens is 468 g/mol. The van der Waals surface area contributed by atoms with Crippen molar-refractivity contribution in [3.8, 4) is 0 Å². The number of hydrazine groups is 1. The number of carbonyl (C=O) groups excluding carboxylic acids is 4. The van der Waals surface area contributed by atoms with Crippen LogP contribution in [-0.2, 0) is 38.7 Å². The van der Waals surface area contributed by atoms with E-state index >= 15 is 0 Å². The number of carbonyl (C=O) groups is 4. The fourth-order valence-electron chi connectivity index (χ4n) is 4.35. The highest BCUT2D eigenvalue weighted by Gasteiger charge is 2.38. The Morgan fingerprint density at radius 2 is 1.38 bits per heavy atom. The first kappa shape index (κ1) is 25.8. The summed E-state index contributed by atoms with van der Waals surface area (Å²) in [5, 5.41) is 2.76. The summed E-state index contributed by atoms with van der Waals surface area (Å²) in [4.78, 5) is 53.2. The molecule has 0 radical (unpaired) electrons. The van der Waals surface area contributed by atoms with E-state index in [4.69, 9.17) is 0 Å². The molecule has 4 rings (SSSR count). The van der Waals surface area contributed by atoms with Gasteiger partial charge in [0, 0.05) is 25.9 Å². The number of ketones is 1. The van der Waals surface area contributed by atoms with Crippen molar-refractivity contribution in [1.29, 1.82) is 0 Å². The molecule has 1 aliphatic rings. The summed E-state index contributed by atoms with van der Waals surface area (Å²) < 4.78 is 0. The first-order valence-electron chi connectivity index (χ1n) is 12.3. The molecule has 3 aromatic carbocycles. The highest BCUT2D eigenvalue weighted by atomic mass is 16.2. The van der Waals surface area contributed by atoms with Crippen LogP contribution in [0.3, 0.4) is 0 Å². The fourth-order valence-corrected chi connectivity index (χ4v) is 4.35. The van der Waals surface area contributed by atoms with Gasteiger partial charge in [-0.3, -0.25) is 24.6 Å². The largest absolute Gasteiger partial charge is 0.344 e. The molecule has 1 aliphatic heterocycles. The van der Waals surface area contributed by atoms with Gasteiger partial charge in [0.25, 0.3) is 0 Å². The number of likely N-dealkylation sites (tertiary alicyclic amines) is 1. The van der Waals surface area contributed by atoms with E-state index < -0.39 is 29.7 Å². The van der Waals surface area contributed by atoms with Crippen molar-refractivity contribution in [2.45, 2.75) is 44.4 Å². The number of amides is 3. The molecule has 8 heteroatoms. The average Bonchev–Trinajstić information content (AvgIpc) is 3.29. The molecule has 0 aromatic heterocycles. The lowest BCUT2D eigenvalue weighted by atomic mass is 10.0. The van der Waals surface area contributed by atoms with Gasteiger partial charge in [-0.25, -0.2) is 5.43 Å². The Morgan fingerprint density at radius 3 is 2.00 bits per heavy atom. The predicted octanol–water partition coefficient (Wildman–Crippen LogP) is 2.30. The predicted molar refractivity (Wildman–Crippen MR) is 139 cm³/mol. The number of hydrogen-bond donors (Lipinski definition) is 3. The van der Waals surface area contributed by atoms with E-state index in [2.05, 4.69) is 16.2 Å². The first-order chi connectivity index (χ1) is 18.0. The van der Waals surface area contributed by atoms with Gasteiger partial charge in [-0.2, -0.15) is 0 Å². The van der Waals surface area contributed by atoms with Crippen LogP contribution in [0.1, 0.15) is 29.5 Å². The maximum absolute atomic E-state index is 13.3. The van der Waals surface area contributed by atoms with Crippen LogP contribution in [0.4, 0.5) is 0 Å². The second-order valence-electron chi connectivity index (χ2n) is 8.97. The SMILES string of the molecule is O=C(NNCc1ccccc1)C(=O)C(Cc1ccccc1)NC(=O)[C@@H]1CCC(=O)N1Cc1ccccc1. The van der Waals surface area contributed by atoms with Crippen LogP contribution in [0.15, 0.2) is 91.0 Å². The standard InChI is InChI=1S/C29H30N4O4/c34-26-17-16-25(33(26)20-23-14-8-3-9-15-23)28(36)31-24(18-21-10-4-1-5-11-21)27(35)29(37)32-30-19-22-12-6-2-7-13-22/h1-15,24-25,30H,16-20H2,(H,31,36)(H,32,37)/t24?,25-/m0/s1. The fraction of sp³-hybridized carbons (Fsp3) is 0.241. The summed E-state index contributed by atoms with van der Waals surface area (Å²) in [7, 11) is 0. The van der Waals surface area contributed by atoms with Gasteiger partial charge in [-0.1, -0.05) is 91.0 Å². The van der Waals surface area contributed by atoms with Crippen molar-refractivity contribution in [3.63, 3.8) is 0 Å². The van der Waals surface area contributed by atoms with Gasteiger partial charge < -0.3 is 10.2 Å². The Kier molecular flexibility index (Phi) is 8.78. The molecule has 8 nitrogen and oxygen atoms in total. The lowest BCUT2D eigenvalue weighted by Crippen LogP contribution is -2.54. The van der Waals surface area contributed by atoms with Crippen molar-refractivity contribution < 1.29 is 19.2 Å². The zero-order chi connectivity index (χ0) is 26.0. The van der Waals surface area contributed by atoms with Gasteiger partial charge in [0.05, 0.1) is 0 Å². The van der Waals surface area contributed by atoms with Crippen molar-refractivity contribution >= 4 is 23.5 Å². The van der Waals surface area contributed by atoms with E-state index in [1.165, 1.54) is 4.90 Å². The van der Waals surface area contributed by atoms with Crippen LogP contribution in [0.2, 0.25) is 0 Å². The van der Waals surface area contributed by atoms with E-state index in [-0.39, 0.29) is 18.7 Å². The zero-order valence-corrected chi connectivity index (χ0v) is 20.4. The summed E-state index contributed by atoms with van der Waals surface area (Å²) in [6, 6.07) is 26.3. The van der Waals surface area contributed by atoms with Crippen LogP contribution >= 0.6 is 0 Å². The molecule has 1 unspecified atom stereocenters. The number of hydrogen-bond acceptors (Lipinski definition) is 5. The van der Waals surface area contributed by atoms with Gasteiger partial charge in [0.15, 0.2) is 0 Å². The minimum atomic E-state index is -1.08. The molecule has 1 heterocycles. The minimum absolute atomic E-state index is 0.113. The molecule has 190 valence electrons. The number of benzene rings is 3. The van der Waals surface area contributed by atoms with Crippen LogP contribution in [0.5, 0.6) is 0 Å². The Morgan fingerprint density at radius 1 is 0.811 bits per heavy atom. The maximum atomic E-state index is 13.3. The third-order valence-electron chi connectivity index (χ3n) is 6.30. The number of Topliss-reactive ketones (excluding diaryl/α,β-unsaturated/α-hetero) is 1. The average molecular weight is 499 g/mol. The smallest absolute Gasteiger partial charge is 0.303 e. The minimum Gasteiger partial charge on any atom is -0.344 e. The molecule has 37 heavy (non-hydrogen) atoms. The van der Waals surface area contributed by atoms with Gasteiger partial charge in [0.1, 0.15) is 12.1 Å². The molecule has 3 amide bonds. The molecule has 3 N–H and O–H groups in total. The first-order valence-corrected chi connectivity index (χ1v) is 12.3. The Labute approximate surface area is 216 Å². The summed E-state index contributed by atoms with van der Waals surface area (Å²) in [5.41, 5.74) is 7.85. The Bertz CT molecular complexity index is 1220. The third kappa shape index (κ3) is 7.11. The van der Waals surface area contributed by atoms with Gasteiger partial charge in [-0.05, 0) is 23.1 Å². The summed E-state index contributed by atoms with van der Waals surface area (Å²) in [6.07, 6.45) is 0.761. The summed E-state index contributed by atoms with van der Waals surface area (Å²) in [5.74, 6) is -2.17. The summed E-state index contributed by atoms with van der Waals surface area (Å²) in [6.45, 7) is 0.646. The molecule has 0 aliphatic carbocycles. The molecule has 2 atom stereocenters. The Hall–Kier alpha value is -4.30. The molecular formula is C29H30N4O4. The van der Waals surface area contributed by atoms with Crippen LogP contribution in [0, 0.1) is 0 Å². The van der Waals surface area contributed by atoms with E-state index in [1.54, 1.807) is 0 Å². The third-order valence-corrected chi connectivity index (χ3v) is 6.30. The van der Waals surface area contributed by atoms with Crippen LogP contribution in [-0.4, -0.2) is 40.5 Å². The van der Waals surface area contributed by atoms with E-state index in [0.29, 0.717) is 19.5 Å². The van der Waals surface area contributed by atoms with Crippen LogP contribution in [0.25, 0.3) is 0 Å². The highest BCUT2D eigenvalue weighted by molar-refractivity contribution is 6.38. The molecule has 0 bridgehead atoms. The van der Waals surface area contributed by atoms with E-state index in [0.717, 1.165) is 16.7 Å². The Balaban J connectivity index is 1.43. The molecule has 0 saturated carbocycles. The van der Waals surface area contributed by atoms with Crippen LogP contribution < -0.4 is 16.2 Å². The van der Waals surface area contributed by atoms with Crippen molar-refractivity contribution in [1.82, 2.24) is 21.1 Å². The maximum Gasteiger partial charge on any atom is 0.303 e. The van der Waals surface area contributed by atoms with Crippen molar-refractivity contribution in [3.05, 3.63) is 108 Å². The lowest BCUT2D eigenvalue weighted by Gasteiger charge is -2.26. The molecule has 3 aromatic rings. The molecule has 1 saturated heterocycles. The van der Waals surface area contributed by atoms with Gasteiger partial charge in [-0.15, -0.1) is 0 Å². The topological polar surface area (TPSA) is 108 Å². The number of nitrogens with zero attached hydrogens (tertiary/aromatic N) is 1. The van der Waals surface area contributed by atoms with E-state index in [1.807, 2.05) is 91.0 Å². The van der Waals surface area contributed by atoms with Gasteiger partial charge in [0.2, 0.25) is 17.6 Å².